The van der Waals surface area contributed by atoms with E-state index in [1.165, 1.54) is 151 Å². The van der Waals surface area contributed by atoms with E-state index in [-0.39, 0.29) is 0 Å². The molecular formula is C42H72N2O2. The smallest absolute Gasteiger partial charge is 0.0717 e. The molecular weight excluding hydrogens is 564 g/mol. The lowest BCUT2D eigenvalue weighted by atomic mass is 10.0. The van der Waals surface area contributed by atoms with Crippen molar-refractivity contribution < 1.29 is 9.47 Å². The number of nitrogens with zero attached hydrogens (tertiary/aromatic N) is 2. The summed E-state index contributed by atoms with van der Waals surface area (Å²) in [5, 5.41) is 0. The van der Waals surface area contributed by atoms with Gasteiger partial charge in [-0.1, -0.05) is 165 Å². The van der Waals surface area contributed by atoms with Crippen molar-refractivity contribution in [3.05, 3.63) is 59.7 Å². The molecule has 0 amide bonds. The molecule has 46 heavy (non-hydrogen) atoms. The van der Waals surface area contributed by atoms with Crippen LogP contribution in [-0.4, -0.2) is 63.3 Å². The zero-order chi connectivity index (χ0) is 32.9. The Bertz CT molecular complexity index is 852. The Kier molecular flexibility index (Phi) is 24.9. The van der Waals surface area contributed by atoms with Gasteiger partial charge in [0.2, 0.25) is 0 Å². The van der Waals surface area contributed by atoms with E-state index >= 15 is 0 Å². The van der Waals surface area contributed by atoms with Crippen LogP contribution in [0.15, 0.2) is 48.5 Å². The Morgan fingerprint density at radius 2 is 0.696 bits per heavy atom. The Labute approximate surface area is 285 Å². The third-order valence-corrected chi connectivity index (χ3v) is 9.30. The minimum absolute atomic E-state index is 0.677. The second kappa shape index (κ2) is 28.3. The van der Waals surface area contributed by atoms with E-state index in [2.05, 4.69) is 86.3 Å². The largest absolute Gasteiger partial charge is 0.375 e. The molecule has 2 aromatic rings. The molecule has 0 saturated heterocycles. The summed E-state index contributed by atoms with van der Waals surface area (Å²) in [6.45, 7) is 11.9. The number of hydrogen-bond acceptors (Lipinski definition) is 4. The zero-order valence-corrected chi connectivity index (χ0v) is 30.7. The minimum Gasteiger partial charge on any atom is -0.375 e. The lowest BCUT2D eigenvalue weighted by molar-refractivity contribution is 0.0991. The average Bonchev–Trinajstić information content (AvgIpc) is 3.07. The van der Waals surface area contributed by atoms with Crippen LogP contribution in [0.25, 0.3) is 11.1 Å². The summed E-state index contributed by atoms with van der Waals surface area (Å²) in [7, 11) is 4.44. The predicted octanol–water partition coefficient (Wildman–Crippen LogP) is 11.3. The average molecular weight is 637 g/mol. The summed E-state index contributed by atoms with van der Waals surface area (Å²) in [5.74, 6) is 0. The molecule has 4 nitrogen and oxygen atoms in total. The first-order chi connectivity index (χ1) is 22.6. The van der Waals surface area contributed by atoms with Crippen molar-refractivity contribution in [1.29, 1.82) is 0 Å². The molecule has 0 aliphatic rings. The molecule has 2 aromatic carbocycles. The normalized spacial score (nSPS) is 11.7. The van der Waals surface area contributed by atoms with Gasteiger partial charge in [0.15, 0.2) is 0 Å². The lowest BCUT2D eigenvalue weighted by Gasteiger charge is -2.16. The fourth-order valence-electron chi connectivity index (χ4n) is 6.02. The number of likely N-dealkylation sites (N-methyl/N-ethyl adjacent to an activating group) is 2. The van der Waals surface area contributed by atoms with E-state index in [9.17, 15) is 0 Å². The van der Waals surface area contributed by atoms with Gasteiger partial charge in [-0.15, -0.1) is 0 Å². The quantitative estimate of drug-likeness (QED) is 0.0769. The summed E-state index contributed by atoms with van der Waals surface area (Å²) >= 11 is 0. The van der Waals surface area contributed by atoms with Gasteiger partial charge in [-0.05, 0) is 62.3 Å². The molecule has 0 heterocycles. The molecule has 0 aliphatic heterocycles. The molecule has 262 valence electrons. The highest BCUT2D eigenvalue weighted by molar-refractivity contribution is 5.63. The maximum absolute atomic E-state index is 5.99. The predicted molar refractivity (Wildman–Crippen MR) is 201 cm³/mol. The first kappa shape index (κ1) is 40.5. The van der Waals surface area contributed by atoms with E-state index in [0.717, 1.165) is 26.3 Å². The Hall–Kier alpha value is -1.72. The van der Waals surface area contributed by atoms with Crippen LogP contribution in [0, 0.1) is 0 Å². The van der Waals surface area contributed by atoms with Crippen molar-refractivity contribution in [2.24, 2.45) is 0 Å². The van der Waals surface area contributed by atoms with Crippen molar-refractivity contribution in [3.63, 3.8) is 0 Å². The molecule has 0 unspecified atom stereocenters. The second-order valence-corrected chi connectivity index (χ2v) is 13.8. The number of rotatable bonds is 31. The molecule has 4 heteroatoms. The van der Waals surface area contributed by atoms with Crippen LogP contribution in [0.5, 0.6) is 0 Å². The Morgan fingerprint density at radius 3 is 1.02 bits per heavy atom. The number of benzene rings is 2. The summed E-state index contributed by atoms with van der Waals surface area (Å²) < 4.78 is 12.0. The second-order valence-electron chi connectivity index (χ2n) is 13.8. The standard InChI is InChI=1S/C42H72N2O2/c1-5-7-9-11-13-15-17-19-21-31-43(3)33-35-45-37-39-23-27-41(28-24-39)42-29-25-40(26-30-42)38-46-36-34-44(4)32-22-20-18-16-14-12-10-8-6-2/h23-30H,5-22,31-38H2,1-4H3. The van der Waals surface area contributed by atoms with Crippen molar-refractivity contribution in [3.8, 4) is 11.1 Å². The molecule has 0 atom stereocenters. The van der Waals surface area contributed by atoms with Gasteiger partial charge >= 0.3 is 0 Å². The molecule has 0 N–H and O–H groups in total. The summed E-state index contributed by atoms with van der Waals surface area (Å²) in [4.78, 5) is 4.83. The van der Waals surface area contributed by atoms with Gasteiger partial charge < -0.3 is 19.3 Å². The molecule has 0 aliphatic carbocycles. The summed E-state index contributed by atoms with van der Waals surface area (Å²) in [6, 6.07) is 17.6. The van der Waals surface area contributed by atoms with Gasteiger partial charge in [0.05, 0.1) is 26.4 Å². The van der Waals surface area contributed by atoms with E-state index in [1.54, 1.807) is 0 Å². The van der Waals surface area contributed by atoms with Crippen LogP contribution in [0.1, 0.15) is 141 Å². The van der Waals surface area contributed by atoms with Gasteiger partial charge in [-0.2, -0.15) is 0 Å². The monoisotopic (exact) mass is 637 g/mol. The number of ether oxygens (including phenoxy) is 2. The fraction of sp³-hybridized carbons (Fsp3) is 0.714. The van der Waals surface area contributed by atoms with Crippen LogP contribution < -0.4 is 0 Å². The van der Waals surface area contributed by atoms with Crippen molar-refractivity contribution in [2.75, 3.05) is 53.5 Å². The first-order valence-electron chi connectivity index (χ1n) is 19.3. The van der Waals surface area contributed by atoms with Crippen LogP contribution in [0.2, 0.25) is 0 Å². The lowest BCUT2D eigenvalue weighted by Crippen LogP contribution is -2.24. The van der Waals surface area contributed by atoms with Crippen LogP contribution >= 0.6 is 0 Å². The number of hydrogen-bond donors (Lipinski definition) is 0. The fourth-order valence-corrected chi connectivity index (χ4v) is 6.02. The van der Waals surface area contributed by atoms with Crippen LogP contribution in [0.4, 0.5) is 0 Å². The highest BCUT2D eigenvalue weighted by Gasteiger charge is 2.03. The van der Waals surface area contributed by atoms with Crippen LogP contribution in [0.3, 0.4) is 0 Å². The van der Waals surface area contributed by atoms with Gasteiger partial charge in [0.1, 0.15) is 0 Å². The highest BCUT2D eigenvalue weighted by Crippen LogP contribution is 2.21. The third kappa shape index (κ3) is 21.2. The van der Waals surface area contributed by atoms with Gasteiger partial charge in [-0.25, -0.2) is 0 Å². The van der Waals surface area contributed by atoms with E-state index in [0.29, 0.717) is 13.2 Å². The first-order valence-corrected chi connectivity index (χ1v) is 19.3. The molecule has 0 aromatic heterocycles. The van der Waals surface area contributed by atoms with Gasteiger partial charge in [-0.3, -0.25) is 0 Å². The highest BCUT2D eigenvalue weighted by atomic mass is 16.5. The SMILES string of the molecule is CCCCCCCCCCCN(C)CCOCc1ccc(-c2ccc(COCCN(C)CCCCCCCCCCC)cc2)cc1. The van der Waals surface area contributed by atoms with Crippen molar-refractivity contribution >= 4 is 0 Å². The Morgan fingerprint density at radius 1 is 0.391 bits per heavy atom. The maximum Gasteiger partial charge on any atom is 0.0717 e. The summed E-state index contributed by atoms with van der Waals surface area (Å²) in [6.07, 6.45) is 25.0. The van der Waals surface area contributed by atoms with Crippen molar-refractivity contribution in [1.82, 2.24) is 9.80 Å². The molecule has 0 bridgehead atoms. The minimum atomic E-state index is 0.677. The summed E-state index contributed by atoms with van der Waals surface area (Å²) in [5.41, 5.74) is 4.96. The van der Waals surface area contributed by atoms with Gasteiger partial charge in [0, 0.05) is 13.1 Å². The van der Waals surface area contributed by atoms with Gasteiger partial charge in [0.25, 0.3) is 0 Å². The molecule has 0 saturated carbocycles. The van der Waals surface area contributed by atoms with Crippen LogP contribution in [-0.2, 0) is 22.7 Å². The zero-order valence-electron chi connectivity index (χ0n) is 30.7. The molecule has 0 radical (unpaired) electrons. The van der Waals surface area contributed by atoms with E-state index < -0.39 is 0 Å². The molecule has 0 fully saturated rings. The molecule has 2 rings (SSSR count). The maximum atomic E-state index is 5.99. The van der Waals surface area contributed by atoms with E-state index in [1.807, 2.05) is 0 Å². The number of unbranched alkanes of at least 4 members (excludes halogenated alkanes) is 16. The third-order valence-electron chi connectivity index (χ3n) is 9.30. The van der Waals surface area contributed by atoms with E-state index in [4.69, 9.17) is 9.47 Å². The topological polar surface area (TPSA) is 24.9 Å². The van der Waals surface area contributed by atoms with Crippen molar-refractivity contribution in [2.45, 2.75) is 143 Å². The molecule has 0 spiro atoms. The Balaban J connectivity index is 1.49.